The van der Waals surface area contributed by atoms with Gasteiger partial charge in [-0.3, -0.25) is 24.1 Å². The van der Waals surface area contributed by atoms with Crippen molar-refractivity contribution in [2.45, 2.75) is 26.7 Å². The summed E-state index contributed by atoms with van der Waals surface area (Å²) < 4.78 is 5.05. The Labute approximate surface area is 163 Å². The molecule has 3 rings (SSSR count). The molecule has 2 aromatic rings. The number of carbonyl (C=O) groups excluding carboxylic acids is 4. The van der Waals surface area contributed by atoms with Gasteiger partial charge in [0, 0.05) is 17.7 Å². The van der Waals surface area contributed by atoms with Gasteiger partial charge in [-0.15, -0.1) is 0 Å². The lowest BCUT2D eigenvalue weighted by molar-refractivity contribution is -0.143. The Bertz CT molecular complexity index is 963. The Balaban J connectivity index is 1.55. The van der Waals surface area contributed by atoms with E-state index in [1.165, 1.54) is 0 Å². The number of fused-ring (bicyclic) bond motifs is 1. The molecule has 1 aliphatic rings. The van der Waals surface area contributed by atoms with Crippen LogP contribution in [0, 0.1) is 13.8 Å². The molecule has 0 atom stereocenters. The van der Waals surface area contributed by atoms with Crippen molar-refractivity contribution in [2.24, 2.45) is 0 Å². The topological polar surface area (TPSA) is 80.8 Å². The maximum atomic E-state index is 12.5. The maximum absolute atomic E-state index is 12.5. The first-order chi connectivity index (χ1) is 13.4. The third kappa shape index (κ3) is 4.17. The summed E-state index contributed by atoms with van der Waals surface area (Å²) in [6.45, 7) is 3.27. The fraction of sp³-hybridized carbons (Fsp3) is 0.273. The summed E-state index contributed by atoms with van der Waals surface area (Å²) >= 11 is 0. The SMILES string of the molecule is Cc1ccc(C)c(C(=O)COC(=O)CCN2C(=O)Cc3ccccc3C2=O)c1. The van der Waals surface area contributed by atoms with E-state index in [1.54, 1.807) is 30.3 Å². The number of rotatable bonds is 6. The van der Waals surface area contributed by atoms with E-state index in [0.717, 1.165) is 16.0 Å². The molecule has 1 heterocycles. The quantitative estimate of drug-likeness (QED) is 0.438. The minimum atomic E-state index is -0.627. The van der Waals surface area contributed by atoms with Crippen molar-refractivity contribution >= 4 is 23.6 Å². The van der Waals surface area contributed by atoms with E-state index in [-0.39, 0.29) is 37.7 Å². The highest BCUT2D eigenvalue weighted by atomic mass is 16.5. The van der Waals surface area contributed by atoms with Gasteiger partial charge >= 0.3 is 5.97 Å². The second-order valence-corrected chi connectivity index (χ2v) is 6.84. The normalized spacial score (nSPS) is 13.3. The molecule has 2 aromatic carbocycles. The average Bonchev–Trinajstić information content (AvgIpc) is 2.67. The highest BCUT2D eigenvalue weighted by molar-refractivity contribution is 6.09. The number of hydrogen-bond acceptors (Lipinski definition) is 5. The highest BCUT2D eigenvalue weighted by Gasteiger charge is 2.30. The lowest BCUT2D eigenvalue weighted by atomic mass is 9.98. The number of carbonyl (C=O) groups is 4. The third-order valence-electron chi connectivity index (χ3n) is 4.73. The van der Waals surface area contributed by atoms with Gasteiger partial charge < -0.3 is 4.74 Å². The number of imide groups is 1. The summed E-state index contributed by atoms with van der Waals surface area (Å²) in [5.74, 6) is -1.67. The van der Waals surface area contributed by atoms with Gasteiger partial charge in [0.15, 0.2) is 6.61 Å². The summed E-state index contributed by atoms with van der Waals surface area (Å²) in [6, 6.07) is 12.4. The van der Waals surface area contributed by atoms with Gasteiger partial charge in [-0.05, 0) is 37.1 Å². The van der Waals surface area contributed by atoms with Crippen LogP contribution in [0.15, 0.2) is 42.5 Å². The van der Waals surface area contributed by atoms with E-state index >= 15 is 0 Å². The van der Waals surface area contributed by atoms with Crippen molar-refractivity contribution < 1.29 is 23.9 Å². The number of aryl methyl sites for hydroxylation is 2. The minimum Gasteiger partial charge on any atom is -0.457 e. The number of hydrogen-bond donors (Lipinski definition) is 0. The van der Waals surface area contributed by atoms with Gasteiger partial charge in [-0.25, -0.2) is 0 Å². The zero-order valence-corrected chi connectivity index (χ0v) is 15.9. The predicted molar refractivity (Wildman–Crippen MR) is 102 cm³/mol. The van der Waals surface area contributed by atoms with Gasteiger partial charge in [0.25, 0.3) is 5.91 Å². The number of nitrogens with zero attached hydrogens (tertiary/aromatic N) is 1. The molecular weight excluding hydrogens is 358 g/mol. The van der Waals surface area contributed by atoms with Crippen molar-refractivity contribution in [1.82, 2.24) is 4.90 Å². The molecule has 2 amide bonds. The van der Waals surface area contributed by atoms with Crippen molar-refractivity contribution in [1.29, 1.82) is 0 Å². The van der Waals surface area contributed by atoms with Crippen LogP contribution in [0.4, 0.5) is 0 Å². The molecule has 0 fully saturated rings. The molecule has 1 aliphatic heterocycles. The van der Waals surface area contributed by atoms with E-state index in [4.69, 9.17) is 4.74 Å². The van der Waals surface area contributed by atoms with Crippen molar-refractivity contribution in [3.63, 3.8) is 0 Å². The number of benzene rings is 2. The van der Waals surface area contributed by atoms with E-state index in [1.807, 2.05) is 26.0 Å². The van der Waals surface area contributed by atoms with Gasteiger partial charge in [-0.1, -0.05) is 35.9 Å². The number of ketones is 1. The summed E-state index contributed by atoms with van der Waals surface area (Å²) in [5, 5.41) is 0. The Morgan fingerprint density at radius 3 is 2.61 bits per heavy atom. The van der Waals surface area contributed by atoms with E-state index in [9.17, 15) is 19.2 Å². The molecular formula is C22H21NO5. The average molecular weight is 379 g/mol. The van der Waals surface area contributed by atoms with Crippen LogP contribution in [0.2, 0.25) is 0 Å². The zero-order valence-electron chi connectivity index (χ0n) is 15.9. The molecule has 0 saturated carbocycles. The van der Waals surface area contributed by atoms with Crippen LogP contribution in [0.1, 0.15) is 43.8 Å². The second kappa shape index (κ2) is 8.17. The monoisotopic (exact) mass is 379 g/mol. The maximum Gasteiger partial charge on any atom is 0.308 e. The smallest absolute Gasteiger partial charge is 0.308 e. The van der Waals surface area contributed by atoms with Crippen LogP contribution in [0.5, 0.6) is 0 Å². The molecule has 6 heteroatoms. The molecule has 0 aliphatic carbocycles. The molecule has 0 N–H and O–H groups in total. The van der Waals surface area contributed by atoms with Gasteiger partial charge in [0.2, 0.25) is 11.7 Å². The Hall–Kier alpha value is -3.28. The molecule has 6 nitrogen and oxygen atoms in total. The lowest BCUT2D eigenvalue weighted by Crippen LogP contribution is -2.43. The van der Waals surface area contributed by atoms with Crippen molar-refractivity contribution in [3.8, 4) is 0 Å². The van der Waals surface area contributed by atoms with Crippen LogP contribution in [-0.2, 0) is 20.7 Å². The minimum absolute atomic E-state index is 0.0670. The number of ether oxygens (including phenoxy) is 1. The van der Waals surface area contributed by atoms with Gasteiger partial charge in [0.1, 0.15) is 0 Å². The molecule has 0 bridgehead atoms. The summed E-state index contributed by atoms with van der Waals surface area (Å²) in [7, 11) is 0. The van der Waals surface area contributed by atoms with E-state index in [2.05, 4.69) is 0 Å². The third-order valence-corrected chi connectivity index (χ3v) is 4.73. The zero-order chi connectivity index (χ0) is 20.3. The van der Waals surface area contributed by atoms with Crippen LogP contribution in [0.3, 0.4) is 0 Å². The Kier molecular flexibility index (Phi) is 5.68. The predicted octanol–water partition coefficient (Wildman–Crippen LogP) is 2.64. The summed E-state index contributed by atoms with van der Waals surface area (Å²) in [4.78, 5) is 50.0. The summed E-state index contributed by atoms with van der Waals surface area (Å²) in [6.07, 6.45) is -0.0260. The van der Waals surface area contributed by atoms with Crippen LogP contribution < -0.4 is 0 Å². The number of amides is 2. The summed E-state index contributed by atoms with van der Waals surface area (Å²) in [5.41, 5.74) is 3.44. The number of esters is 1. The molecule has 0 radical (unpaired) electrons. The molecule has 0 saturated heterocycles. The van der Waals surface area contributed by atoms with Crippen LogP contribution in [0.25, 0.3) is 0 Å². The Morgan fingerprint density at radius 1 is 1.07 bits per heavy atom. The van der Waals surface area contributed by atoms with Gasteiger partial charge in [-0.2, -0.15) is 0 Å². The number of Topliss-reactive ketones (excluding diaryl/α,β-unsaturated/α-hetero) is 1. The first-order valence-electron chi connectivity index (χ1n) is 9.05. The van der Waals surface area contributed by atoms with Crippen LogP contribution >= 0.6 is 0 Å². The van der Waals surface area contributed by atoms with Crippen molar-refractivity contribution in [3.05, 3.63) is 70.3 Å². The Morgan fingerprint density at radius 2 is 1.82 bits per heavy atom. The molecule has 0 aromatic heterocycles. The highest BCUT2D eigenvalue weighted by Crippen LogP contribution is 2.20. The first-order valence-corrected chi connectivity index (χ1v) is 9.05. The first kappa shape index (κ1) is 19.5. The fourth-order valence-corrected chi connectivity index (χ4v) is 3.16. The van der Waals surface area contributed by atoms with Crippen molar-refractivity contribution in [2.75, 3.05) is 13.2 Å². The van der Waals surface area contributed by atoms with E-state index in [0.29, 0.717) is 16.7 Å². The molecule has 0 unspecified atom stereocenters. The standard InChI is InChI=1S/C22H21NO5/c1-14-7-8-15(2)18(11-14)19(24)13-28-21(26)9-10-23-20(25)12-16-5-3-4-6-17(16)22(23)27/h3-8,11H,9-10,12-13H2,1-2H3. The fourth-order valence-electron chi connectivity index (χ4n) is 3.16. The van der Waals surface area contributed by atoms with Crippen LogP contribution in [-0.4, -0.2) is 41.6 Å². The van der Waals surface area contributed by atoms with E-state index < -0.39 is 11.9 Å². The second-order valence-electron chi connectivity index (χ2n) is 6.84. The van der Waals surface area contributed by atoms with Gasteiger partial charge in [0.05, 0.1) is 12.8 Å². The largest absolute Gasteiger partial charge is 0.457 e. The molecule has 0 spiro atoms. The molecule has 28 heavy (non-hydrogen) atoms. The molecule has 144 valence electrons. The lowest BCUT2D eigenvalue weighted by Gasteiger charge is -2.26.